The number of esters is 1. The van der Waals surface area contributed by atoms with Crippen molar-refractivity contribution >= 4 is 87.0 Å². The second kappa shape index (κ2) is 47.1. The Kier molecular flexibility index (Phi) is 33.5. The summed E-state index contributed by atoms with van der Waals surface area (Å²) in [6.45, 7) is 7.78. The van der Waals surface area contributed by atoms with E-state index in [0.717, 1.165) is 66.8 Å². The number of H-pyrrole nitrogens is 1. The van der Waals surface area contributed by atoms with Crippen molar-refractivity contribution in [2.24, 2.45) is 0 Å². The first-order valence-electron chi connectivity index (χ1n) is 46.9. The minimum atomic E-state index is -2.51. The van der Waals surface area contributed by atoms with Crippen LogP contribution in [0.2, 0.25) is 0 Å². The van der Waals surface area contributed by atoms with Crippen molar-refractivity contribution in [3.63, 3.8) is 0 Å². The molecular formula is C104H111N15O20P2. The highest BCUT2D eigenvalue weighted by molar-refractivity contribution is 7.44. The quantitative estimate of drug-likeness (QED) is 0.0105. The van der Waals surface area contributed by atoms with Crippen LogP contribution in [-0.2, 0) is 77.4 Å². The number of aryl methyl sites for hydroxylation is 1. The van der Waals surface area contributed by atoms with Crippen LogP contribution in [0.5, 0.6) is 11.5 Å². The molecule has 0 saturated carbocycles. The van der Waals surface area contributed by atoms with E-state index in [0.29, 0.717) is 24.3 Å². The molecule has 2 aliphatic heterocycles. The minimum Gasteiger partial charge on any atom is -0.497 e. The SMILES string of the molecule is COc1ccc(C(OC[C@H]2O[C@@H](n3cnc4c(NC(=O)c5ccc(CCC(=O)COC(=O)CCCN(C)C(=O)OCC6c7ccccc7-c7ccccc76)cc5)ncnc43)CC2OP(OCCC#N)OC[C@H]2O[C@@H](n3cnc4c(=O)[nH]c(NC(=O)CCCN(C)C(=O)OCC5c6ccccc6-c6ccccc65)nc43)CC2OP(OCCC#N)N(C(C)C)C(C)C)(c2ccccc2)c2ccc(OC)cc2)cc1. The highest BCUT2D eigenvalue weighted by atomic mass is 31.2. The number of carbonyl (C=O) groups is 6. The van der Waals surface area contributed by atoms with Crippen molar-refractivity contribution in [2.45, 2.75) is 158 Å². The normalized spacial score (nSPS) is 16.9. The lowest BCUT2D eigenvalue weighted by Crippen LogP contribution is -2.38. The molecule has 2 saturated heterocycles. The summed E-state index contributed by atoms with van der Waals surface area (Å²) in [7, 11) is 1.95. The molecule has 732 valence electrons. The summed E-state index contributed by atoms with van der Waals surface area (Å²) >= 11 is 0. The van der Waals surface area contributed by atoms with E-state index >= 15 is 0 Å². The Hall–Kier alpha value is -13.6. The van der Waals surface area contributed by atoms with Crippen molar-refractivity contribution in [1.82, 2.24) is 53.5 Å². The van der Waals surface area contributed by atoms with Crippen LogP contribution in [0.25, 0.3) is 44.6 Å². The number of hydrogen-bond donors (Lipinski definition) is 3. The number of amides is 4. The van der Waals surface area contributed by atoms with Crippen LogP contribution in [0.4, 0.5) is 21.4 Å². The monoisotopic (exact) mass is 1950 g/mol. The van der Waals surface area contributed by atoms with E-state index in [-0.39, 0.29) is 173 Å². The van der Waals surface area contributed by atoms with Crippen LogP contribution >= 0.6 is 17.1 Å². The van der Waals surface area contributed by atoms with Gasteiger partial charge in [0, 0.05) is 88.8 Å². The number of methoxy groups -OCH3 is 2. The average Bonchev–Trinajstić information content (AvgIpc) is 1.21. The summed E-state index contributed by atoms with van der Waals surface area (Å²) in [5.74, 6) is -0.984. The van der Waals surface area contributed by atoms with Gasteiger partial charge in [0.05, 0.1) is 90.5 Å². The zero-order chi connectivity index (χ0) is 98.6. The van der Waals surface area contributed by atoms with Crippen molar-refractivity contribution in [3.05, 3.63) is 280 Å². The van der Waals surface area contributed by atoms with Crippen molar-refractivity contribution in [1.29, 1.82) is 10.5 Å². The summed E-state index contributed by atoms with van der Waals surface area (Å²) in [5, 5.41) is 25.5. The molecule has 4 unspecified atom stereocenters. The summed E-state index contributed by atoms with van der Waals surface area (Å²) in [5.41, 5.74) is 10.5. The van der Waals surface area contributed by atoms with E-state index in [9.17, 15) is 44.1 Å². The van der Waals surface area contributed by atoms with E-state index in [2.05, 4.69) is 78.8 Å². The lowest BCUT2D eigenvalue weighted by Gasteiger charge is -2.37. The minimum absolute atomic E-state index is 0.0144. The lowest BCUT2D eigenvalue weighted by atomic mass is 9.80. The van der Waals surface area contributed by atoms with Crippen molar-refractivity contribution in [3.8, 4) is 45.9 Å². The number of benzene rings is 8. The van der Waals surface area contributed by atoms with Crippen LogP contribution in [0.15, 0.2) is 224 Å². The summed E-state index contributed by atoms with van der Waals surface area (Å²) in [6, 6.07) is 68.0. The maximum atomic E-state index is 14.3. The number of nitriles is 2. The Morgan fingerprint density at radius 3 is 1.60 bits per heavy atom. The third-order valence-electron chi connectivity index (χ3n) is 25.1. The molecule has 4 aliphatic rings. The molecule has 2 fully saturated rings. The third kappa shape index (κ3) is 23.7. The first-order valence-corrected chi connectivity index (χ1v) is 49.1. The van der Waals surface area contributed by atoms with Gasteiger partial charge in [-0.05, 0) is 150 Å². The van der Waals surface area contributed by atoms with Crippen LogP contribution in [0.1, 0.15) is 165 Å². The standard InChI is InChI=1S/C104H111N15O20P2/c1-66(2)119(67(3)4)140(133-54-22-50-105)138-86-56-92(118-65-110-95-98(118)113-101(114-100(95)124)111-90(121)34-20-52-115(5)102(125)130-59-84-80-30-16-12-26-76(80)77-27-13-17-31-81(77)84)137-89(86)62-135-141(134-55-23-51-106)139-87-57-91(136-88(87)61-132-104(70-24-10-9-11-25-70,71-41-46-74(127-7)47-42-71)72-43-48-75(128-8)49-44-72)117-64-109-94-96(107-63-108-97(94)117)112-99(123)69-39-36-68(37-40-69)38-45-73(120)58-129-93(122)35-21-53-116(6)103(126)131-60-85-82-32-18-14-28-78(82)79-29-15-19-33-83(79)85/h9-19,24-33,36-37,39-44,46-49,63-67,84-89,91-92H,20-23,34-35,38,45,52-62H2,1-8H3,(H,107,108,112,123)(H2,111,113,114,121,124)/t86?,87?,88-,89-,91-,92-,140?,141?/m1/s1. The molecule has 0 radical (unpaired) electrons. The predicted octanol–water partition coefficient (Wildman–Crippen LogP) is 17.3. The van der Waals surface area contributed by atoms with Gasteiger partial charge in [0.2, 0.25) is 11.9 Å². The first-order chi connectivity index (χ1) is 68.6. The molecule has 16 rings (SSSR count). The Morgan fingerprint density at radius 2 is 1.05 bits per heavy atom. The fourth-order valence-corrected chi connectivity index (χ4v) is 21.0. The molecule has 4 aromatic heterocycles. The second-order valence-electron chi connectivity index (χ2n) is 35.0. The lowest BCUT2D eigenvalue weighted by molar-refractivity contribution is -0.148. The number of imidazole rings is 2. The molecule has 8 aromatic carbocycles. The van der Waals surface area contributed by atoms with E-state index in [1.807, 2.05) is 167 Å². The number of fused-ring (bicyclic) bond motifs is 8. The fourth-order valence-electron chi connectivity index (χ4n) is 18.1. The van der Waals surface area contributed by atoms with Crippen LogP contribution in [0, 0.1) is 22.7 Å². The van der Waals surface area contributed by atoms with Gasteiger partial charge < -0.3 is 75.6 Å². The number of anilines is 2. The highest BCUT2D eigenvalue weighted by Crippen LogP contribution is 2.54. The average molecular weight is 1950 g/mol. The van der Waals surface area contributed by atoms with Gasteiger partial charge in [-0.15, -0.1) is 0 Å². The molecule has 12 aromatic rings. The van der Waals surface area contributed by atoms with Gasteiger partial charge in [0.25, 0.3) is 20.0 Å². The Bertz CT molecular complexity index is 6390. The topological polar surface area (TPSA) is 411 Å². The molecule has 37 heteroatoms. The fraction of sp³-hybridized carbons (Fsp3) is 0.365. The summed E-state index contributed by atoms with van der Waals surface area (Å²) in [6.07, 6.45) is -1.54. The maximum Gasteiger partial charge on any atom is 0.409 e. The van der Waals surface area contributed by atoms with E-state index in [1.165, 1.54) is 28.8 Å². The van der Waals surface area contributed by atoms with E-state index in [1.54, 1.807) is 61.7 Å². The van der Waals surface area contributed by atoms with Gasteiger partial charge in [0.1, 0.15) is 67.9 Å². The smallest absolute Gasteiger partial charge is 0.409 e. The second-order valence-corrected chi connectivity index (χ2v) is 37.6. The molecule has 35 nitrogen and oxygen atoms in total. The van der Waals surface area contributed by atoms with Crippen LogP contribution in [0.3, 0.4) is 0 Å². The Morgan fingerprint density at radius 1 is 0.546 bits per heavy atom. The van der Waals surface area contributed by atoms with E-state index in [4.69, 9.17) is 75.5 Å². The number of rotatable bonds is 46. The predicted molar refractivity (Wildman–Crippen MR) is 524 cm³/mol. The van der Waals surface area contributed by atoms with Gasteiger partial charge in [-0.2, -0.15) is 15.5 Å². The van der Waals surface area contributed by atoms with Gasteiger partial charge in [-0.25, -0.2) is 34.2 Å². The number of nitrogens with one attached hydrogen (secondary N) is 3. The van der Waals surface area contributed by atoms with Crippen molar-refractivity contribution in [2.75, 3.05) is 98.3 Å². The van der Waals surface area contributed by atoms with E-state index < -0.39 is 102 Å². The number of aromatic nitrogens is 8. The zero-order valence-corrected chi connectivity index (χ0v) is 81.2. The molecule has 0 spiro atoms. The van der Waals surface area contributed by atoms with Gasteiger partial charge in [0.15, 0.2) is 33.9 Å². The zero-order valence-electron chi connectivity index (χ0n) is 79.4. The third-order valence-corrected chi connectivity index (χ3v) is 28.5. The number of carbonyl (C=O) groups excluding carboxylic acids is 6. The Balaban J connectivity index is 0.605. The van der Waals surface area contributed by atoms with Gasteiger partial charge in [-0.1, -0.05) is 164 Å². The van der Waals surface area contributed by atoms with Crippen LogP contribution < -0.4 is 25.7 Å². The van der Waals surface area contributed by atoms with Gasteiger partial charge >= 0.3 is 26.8 Å². The number of nitrogens with zero attached hydrogens (tertiary/aromatic N) is 12. The number of aromatic amines is 1. The van der Waals surface area contributed by atoms with Crippen LogP contribution in [-0.4, -0.2) is 213 Å². The number of hydrogen-bond acceptors (Lipinski definition) is 28. The summed E-state index contributed by atoms with van der Waals surface area (Å²) in [4.78, 5) is 123. The first kappa shape index (κ1) is 100. The molecular weight excluding hydrogens is 1840 g/mol. The number of ether oxygens (including phenoxy) is 8. The number of Topliss-reactive ketones (excluding diaryl/α,β-unsaturated/α-hetero) is 1. The highest BCUT2D eigenvalue weighted by Gasteiger charge is 2.48. The molecule has 6 heterocycles. The molecule has 4 amide bonds. The number of ketones is 1. The molecule has 8 atom stereocenters. The van der Waals surface area contributed by atoms with Gasteiger partial charge in [-0.3, -0.25) is 43.4 Å². The van der Waals surface area contributed by atoms with Crippen molar-refractivity contribution < 1.29 is 89.3 Å². The summed E-state index contributed by atoms with van der Waals surface area (Å²) < 4.78 is 89.6. The Labute approximate surface area is 817 Å². The molecule has 2 aliphatic carbocycles. The largest absolute Gasteiger partial charge is 0.497 e. The molecule has 141 heavy (non-hydrogen) atoms. The molecule has 3 N–H and O–H groups in total. The molecule has 0 bridgehead atoms. The maximum absolute atomic E-state index is 14.3.